The van der Waals surface area contributed by atoms with E-state index in [1.54, 1.807) is 20.4 Å². The van der Waals surface area contributed by atoms with Crippen LogP contribution in [0.3, 0.4) is 0 Å². The monoisotopic (exact) mass is 327 g/mol. The Bertz CT molecular complexity index is 883. The number of hydrogen-bond acceptors (Lipinski definition) is 6. The number of hydrogen-bond donors (Lipinski definition) is 1. The average Bonchev–Trinajstić information content (AvgIpc) is 2.94. The number of nitrogens with two attached hydrogens (primary N) is 1. The van der Waals surface area contributed by atoms with Gasteiger partial charge in [0, 0.05) is 36.2 Å². The van der Waals surface area contributed by atoms with Gasteiger partial charge in [-0.05, 0) is 25.7 Å². The maximum absolute atomic E-state index is 5.85. The van der Waals surface area contributed by atoms with Gasteiger partial charge in [-0.3, -0.25) is 0 Å². The summed E-state index contributed by atoms with van der Waals surface area (Å²) in [6.45, 7) is 0. The maximum Gasteiger partial charge on any atom is 0.221 e. The van der Waals surface area contributed by atoms with Gasteiger partial charge in [0.05, 0.1) is 24.9 Å². The molecule has 0 amide bonds. The third kappa shape index (κ3) is 2.36. The zero-order chi connectivity index (χ0) is 16.7. The Morgan fingerprint density at radius 1 is 1.08 bits per heavy atom. The van der Waals surface area contributed by atoms with E-state index in [0.29, 0.717) is 18.0 Å². The summed E-state index contributed by atoms with van der Waals surface area (Å²) in [5.74, 6) is 0.874. The van der Waals surface area contributed by atoms with E-state index >= 15 is 0 Å². The van der Waals surface area contributed by atoms with E-state index in [2.05, 4.69) is 19.5 Å². The maximum atomic E-state index is 5.85. The molecule has 3 heterocycles. The lowest BCUT2D eigenvalue weighted by molar-refractivity contribution is 0.0594. The third-order valence-electron chi connectivity index (χ3n) is 4.97. The van der Waals surface area contributed by atoms with Crippen LogP contribution >= 0.6 is 0 Å². The molecule has 0 radical (unpaired) electrons. The van der Waals surface area contributed by atoms with Crippen LogP contribution < -0.4 is 10.5 Å². The highest BCUT2D eigenvalue weighted by Gasteiger charge is 2.26. The number of ether oxygens (including phenoxy) is 2. The van der Waals surface area contributed by atoms with Crippen LogP contribution in [0.15, 0.2) is 18.5 Å². The van der Waals surface area contributed by atoms with E-state index in [0.717, 1.165) is 47.6 Å². The number of aromatic nitrogens is 4. The number of nitrogen functional groups attached to an aromatic ring is 1. The van der Waals surface area contributed by atoms with Gasteiger partial charge in [0.25, 0.3) is 0 Å². The van der Waals surface area contributed by atoms with E-state index in [1.807, 2.05) is 12.3 Å². The minimum atomic E-state index is 0.289. The number of anilines is 1. The fraction of sp³-hybridized carbons (Fsp3) is 0.471. The molecule has 1 aliphatic carbocycles. The van der Waals surface area contributed by atoms with Gasteiger partial charge in [0.1, 0.15) is 5.65 Å². The largest absolute Gasteiger partial charge is 0.481 e. The van der Waals surface area contributed by atoms with Gasteiger partial charge in [-0.1, -0.05) is 0 Å². The van der Waals surface area contributed by atoms with Crippen molar-refractivity contribution in [2.75, 3.05) is 20.0 Å². The van der Waals surface area contributed by atoms with E-state index in [-0.39, 0.29) is 5.95 Å². The van der Waals surface area contributed by atoms with Crippen LogP contribution in [-0.2, 0) is 4.74 Å². The summed E-state index contributed by atoms with van der Waals surface area (Å²) in [5, 5.41) is 2.03. The Labute approximate surface area is 139 Å². The molecule has 0 aromatic carbocycles. The first-order valence-electron chi connectivity index (χ1n) is 8.20. The van der Waals surface area contributed by atoms with Gasteiger partial charge < -0.3 is 19.8 Å². The van der Waals surface area contributed by atoms with Crippen molar-refractivity contribution in [1.29, 1.82) is 0 Å². The zero-order valence-electron chi connectivity index (χ0n) is 13.9. The molecule has 7 heteroatoms. The Kier molecular flexibility index (Phi) is 3.72. The van der Waals surface area contributed by atoms with Crippen molar-refractivity contribution >= 4 is 27.9 Å². The molecule has 1 aliphatic rings. The molecule has 3 aromatic heterocycles. The van der Waals surface area contributed by atoms with E-state index in [9.17, 15) is 0 Å². The first kappa shape index (κ1) is 15.1. The topological polar surface area (TPSA) is 88.1 Å². The van der Waals surface area contributed by atoms with Crippen molar-refractivity contribution in [1.82, 2.24) is 19.5 Å². The van der Waals surface area contributed by atoms with Crippen molar-refractivity contribution in [2.24, 2.45) is 0 Å². The summed E-state index contributed by atoms with van der Waals surface area (Å²) in [6, 6.07) is 2.30. The number of methoxy groups -OCH3 is 2. The number of pyridine rings is 1. The summed E-state index contributed by atoms with van der Waals surface area (Å²) < 4.78 is 13.0. The molecular formula is C17H21N5O2. The lowest BCUT2D eigenvalue weighted by Crippen LogP contribution is -2.22. The molecule has 4 rings (SSSR count). The molecule has 0 bridgehead atoms. The predicted molar refractivity (Wildman–Crippen MR) is 92.1 cm³/mol. The minimum absolute atomic E-state index is 0.289. The van der Waals surface area contributed by atoms with Gasteiger partial charge in [0.15, 0.2) is 0 Å². The van der Waals surface area contributed by atoms with Gasteiger partial charge in [-0.25, -0.2) is 9.97 Å². The van der Waals surface area contributed by atoms with E-state index < -0.39 is 0 Å². The fourth-order valence-electron chi connectivity index (χ4n) is 3.73. The Morgan fingerprint density at radius 3 is 2.58 bits per heavy atom. The summed E-state index contributed by atoms with van der Waals surface area (Å²) in [7, 11) is 3.41. The number of rotatable bonds is 3. The van der Waals surface area contributed by atoms with Gasteiger partial charge in [0.2, 0.25) is 11.8 Å². The van der Waals surface area contributed by atoms with E-state index in [4.69, 9.17) is 15.2 Å². The summed E-state index contributed by atoms with van der Waals surface area (Å²) in [5.41, 5.74) is 7.76. The molecule has 126 valence electrons. The Hall–Kier alpha value is -2.41. The quantitative estimate of drug-likeness (QED) is 0.796. The van der Waals surface area contributed by atoms with Crippen LogP contribution in [0.5, 0.6) is 5.88 Å². The molecular weight excluding hydrogens is 306 g/mol. The minimum Gasteiger partial charge on any atom is -0.481 e. The van der Waals surface area contributed by atoms with Crippen LogP contribution in [0, 0.1) is 0 Å². The molecule has 0 atom stereocenters. The normalized spacial score (nSPS) is 21.4. The molecule has 0 unspecified atom stereocenters. The van der Waals surface area contributed by atoms with Crippen LogP contribution in [0.4, 0.5) is 5.95 Å². The third-order valence-corrected chi connectivity index (χ3v) is 4.97. The summed E-state index contributed by atoms with van der Waals surface area (Å²) >= 11 is 0. The average molecular weight is 327 g/mol. The lowest BCUT2D eigenvalue weighted by atomic mass is 9.92. The lowest BCUT2D eigenvalue weighted by Gasteiger charge is -2.29. The van der Waals surface area contributed by atoms with Crippen LogP contribution in [0.2, 0.25) is 0 Å². The predicted octanol–water partition coefficient (Wildman–Crippen LogP) is 2.70. The van der Waals surface area contributed by atoms with Crippen LogP contribution in [0.1, 0.15) is 31.7 Å². The molecule has 3 aromatic rings. The first-order valence-corrected chi connectivity index (χ1v) is 8.20. The summed E-state index contributed by atoms with van der Waals surface area (Å²) in [6.07, 6.45) is 8.19. The van der Waals surface area contributed by atoms with E-state index in [1.165, 1.54) is 0 Å². The second-order valence-electron chi connectivity index (χ2n) is 6.25. The molecule has 1 fully saturated rings. The second-order valence-corrected chi connectivity index (χ2v) is 6.25. The van der Waals surface area contributed by atoms with Crippen molar-refractivity contribution in [3.8, 4) is 5.88 Å². The highest BCUT2D eigenvalue weighted by atomic mass is 16.5. The molecule has 24 heavy (non-hydrogen) atoms. The Morgan fingerprint density at radius 2 is 1.88 bits per heavy atom. The Balaban J connectivity index is 1.90. The molecule has 0 spiro atoms. The standard InChI is InChI=1S/C17H21N5O2/c1-23-11-5-3-10(4-6-11)22-14-9-19-15(24-2)7-12(14)13-8-20-17(18)21-16(13)22/h7-11H,3-6H2,1-2H3,(H2,18,20,21)/t10-,11-. The van der Waals surface area contributed by atoms with Crippen molar-refractivity contribution in [3.63, 3.8) is 0 Å². The zero-order valence-corrected chi connectivity index (χ0v) is 13.9. The number of fused-ring (bicyclic) bond motifs is 3. The molecule has 7 nitrogen and oxygen atoms in total. The van der Waals surface area contributed by atoms with Crippen molar-refractivity contribution in [2.45, 2.75) is 37.8 Å². The van der Waals surface area contributed by atoms with Gasteiger partial charge >= 0.3 is 0 Å². The highest BCUT2D eigenvalue weighted by Crippen LogP contribution is 2.37. The van der Waals surface area contributed by atoms with Crippen LogP contribution in [0.25, 0.3) is 21.9 Å². The highest BCUT2D eigenvalue weighted by molar-refractivity contribution is 6.06. The number of nitrogens with zero attached hydrogens (tertiary/aromatic N) is 4. The molecule has 0 aliphatic heterocycles. The fourth-order valence-corrected chi connectivity index (χ4v) is 3.73. The SMILES string of the molecule is COc1cc2c3cnc(N)nc3n([C@H]3CC[C@H](OC)CC3)c2cn1. The second kappa shape index (κ2) is 5.90. The summed E-state index contributed by atoms with van der Waals surface area (Å²) in [4.78, 5) is 13.1. The molecule has 0 saturated heterocycles. The van der Waals surface area contributed by atoms with Crippen LogP contribution in [-0.4, -0.2) is 39.8 Å². The molecule has 1 saturated carbocycles. The van der Waals surface area contributed by atoms with Crippen molar-refractivity contribution < 1.29 is 9.47 Å². The van der Waals surface area contributed by atoms with Gasteiger partial charge in [-0.15, -0.1) is 0 Å². The first-order chi connectivity index (χ1) is 11.7. The smallest absolute Gasteiger partial charge is 0.221 e. The molecule has 2 N–H and O–H groups in total. The van der Waals surface area contributed by atoms with Gasteiger partial charge in [-0.2, -0.15) is 4.98 Å². The van der Waals surface area contributed by atoms with Crippen molar-refractivity contribution in [3.05, 3.63) is 18.5 Å².